The molecule has 0 bridgehead atoms. The number of nitriles is 1. The summed E-state index contributed by atoms with van der Waals surface area (Å²) < 4.78 is 11.3. The van der Waals surface area contributed by atoms with Crippen LogP contribution in [0.3, 0.4) is 0 Å². The molecule has 2 aromatic carbocycles. The number of nitrogens with one attached hydrogen (secondary N) is 1. The van der Waals surface area contributed by atoms with Gasteiger partial charge in [0.2, 0.25) is 0 Å². The van der Waals surface area contributed by atoms with E-state index in [1.165, 1.54) is 6.07 Å². The second kappa shape index (κ2) is 6.61. The number of hydrogen-bond donors (Lipinski definition) is 1. The summed E-state index contributed by atoms with van der Waals surface area (Å²) in [5.74, 6) is 0.206. The van der Waals surface area contributed by atoms with Gasteiger partial charge in [-0.3, -0.25) is 9.59 Å². The Morgan fingerprint density at radius 1 is 1.30 bits per heavy atom. The molecule has 1 aliphatic heterocycles. The predicted octanol–water partition coefficient (Wildman–Crippen LogP) is 3.45. The summed E-state index contributed by atoms with van der Waals surface area (Å²) in [6.45, 7) is 2.01. The van der Waals surface area contributed by atoms with Crippen molar-refractivity contribution in [3.8, 4) is 23.1 Å². The molecule has 6 heteroatoms. The highest BCUT2D eigenvalue weighted by Crippen LogP contribution is 2.45. The first-order valence-corrected chi connectivity index (χ1v) is 8.64. The lowest BCUT2D eigenvalue weighted by Gasteiger charge is -2.29. The van der Waals surface area contributed by atoms with E-state index in [2.05, 4.69) is 4.98 Å². The van der Waals surface area contributed by atoms with Gasteiger partial charge >= 0.3 is 5.97 Å². The highest BCUT2D eigenvalue weighted by atomic mass is 16.5. The Balaban J connectivity index is 1.94. The summed E-state index contributed by atoms with van der Waals surface area (Å²) in [4.78, 5) is 27.1. The molecule has 1 aliphatic rings. The fourth-order valence-electron chi connectivity index (χ4n) is 3.40. The van der Waals surface area contributed by atoms with Crippen LogP contribution < -0.4 is 10.3 Å². The minimum atomic E-state index is -0.652. The number of esters is 1. The van der Waals surface area contributed by atoms with Crippen molar-refractivity contribution in [3.63, 3.8) is 0 Å². The van der Waals surface area contributed by atoms with Gasteiger partial charge in [-0.1, -0.05) is 30.3 Å². The number of H-pyrrole nitrogens is 1. The Labute approximate surface area is 155 Å². The van der Waals surface area contributed by atoms with Gasteiger partial charge < -0.3 is 14.5 Å². The van der Waals surface area contributed by atoms with Crippen LogP contribution in [0.15, 0.2) is 47.3 Å². The Morgan fingerprint density at radius 2 is 2.11 bits per heavy atom. The normalized spacial score (nSPS) is 14.6. The first-order chi connectivity index (χ1) is 13.1. The van der Waals surface area contributed by atoms with Gasteiger partial charge in [-0.05, 0) is 24.4 Å². The van der Waals surface area contributed by atoms with E-state index in [0.717, 1.165) is 16.3 Å². The molecule has 1 atom stereocenters. The molecule has 0 aliphatic carbocycles. The highest BCUT2D eigenvalue weighted by molar-refractivity contribution is 5.96. The lowest BCUT2D eigenvalue weighted by atomic mass is 9.92. The lowest BCUT2D eigenvalue weighted by molar-refractivity contribution is -0.145. The molecule has 134 valence electrons. The number of nitrogens with zero attached hydrogens (tertiary/aromatic N) is 1. The standard InChI is InChI=1S/C21H16N2O4/c1-2-26-18(24)10-17-16-9-13(11-22)21(25)23-19(16)15-8-7-12-5-3-4-6-14(12)20(15)27-17/h3-9,17H,2,10H2,1H3,(H,23,25). The van der Waals surface area contributed by atoms with E-state index < -0.39 is 17.6 Å². The van der Waals surface area contributed by atoms with E-state index in [1.54, 1.807) is 6.92 Å². The molecule has 6 nitrogen and oxygen atoms in total. The number of benzene rings is 2. The third-order valence-electron chi connectivity index (χ3n) is 4.61. The Kier molecular flexibility index (Phi) is 4.13. The summed E-state index contributed by atoms with van der Waals surface area (Å²) in [6, 6.07) is 14.9. The minimum absolute atomic E-state index is 0.0135. The quantitative estimate of drug-likeness (QED) is 0.722. The van der Waals surface area contributed by atoms with Crippen molar-refractivity contribution in [2.45, 2.75) is 19.4 Å². The van der Waals surface area contributed by atoms with E-state index in [1.807, 2.05) is 42.5 Å². The molecule has 0 saturated heterocycles. The summed E-state index contributed by atoms with van der Waals surface area (Å²) >= 11 is 0. The number of fused-ring (bicyclic) bond motifs is 5. The van der Waals surface area contributed by atoms with E-state index in [0.29, 0.717) is 17.0 Å². The van der Waals surface area contributed by atoms with Crippen molar-refractivity contribution in [2.75, 3.05) is 6.61 Å². The van der Waals surface area contributed by atoms with Crippen LogP contribution in [0.2, 0.25) is 0 Å². The van der Waals surface area contributed by atoms with Crippen molar-refractivity contribution in [2.24, 2.45) is 0 Å². The molecule has 1 N–H and O–H groups in total. The maximum atomic E-state index is 12.2. The molecule has 2 heterocycles. The van der Waals surface area contributed by atoms with Crippen LogP contribution in [0.5, 0.6) is 5.75 Å². The molecule has 4 rings (SSSR count). The van der Waals surface area contributed by atoms with Gasteiger partial charge in [0.1, 0.15) is 23.5 Å². The van der Waals surface area contributed by atoms with Crippen molar-refractivity contribution >= 4 is 16.7 Å². The Hall–Kier alpha value is -3.59. The van der Waals surface area contributed by atoms with E-state index >= 15 is 0 Å². The molecule has 0 amide bonds. The smallest absolute Gasteiger partial charge is 0.309 e. The molecule has 1 unspecified atom stereocenters. The molecule has 27 heavy (non-hydrogen) atoms. The SMILES string of the molecule is CCOC(=O)CC1Oc2c(ccc3ccccc23)-c2[nH]c(=O)c(C#N)cc21. The Morgan fingerprint density at radius 3 is 2.89 bits per heavy atom. The molecule has 0 fully saturated rings. The average molecular weight is 360 g/mol. The number of aromatic nitrogens is 1. The van der Waals surface area contributed by atoms with Crippen molar-refractivity contribution in [3.05, 3.63) is 63.9 Å². The zero-order chi connectivity index (χ0) is 19.0. The van der Waals surface area contributed by atoms with Crippen LogP contribution in [0.4, 0.5) is 0 Å². The second-order valence-corrected chi connectivity index (χ2v) is 6.23. The second-order valence-electron chi connectivity index (χ2n) is 6.23. The number of ether oxygens (including phenoxy) is 2. The topological polar surface area (TPSA) is 92.2 Å². The van der Waals surface area contributed by atoms with E-state index in [9.17, 15) is 14.9 Å². The average Bonchev–Trinajstić information content (AvgIpc) is 2.67. The summed E-state index contributed by atoms with van der Waals surface area (Å²) in [6.07, 6.45) is -0.665. The van der Waals surface area contributed by atoms with Crippen LogP contribution in [0.25, 0.3) is 22.0 Å². The summed E-state index contributed by atoms with van der Waals surface area (Å²) in [7, 11) is 0. The number of rotatable bonds is 3. The molecule has 1 aromatic heterocycles. The zero-order valence-electron chi connectivity index (χ0n) is 14.6. The van der Waals surface area contributed by atoms with Gasteiger partial charge in [-0.25, -0.2) is 0 Å². The van der Waals surface area contributed by atoms with Gasteiger partial charge in [0.25, 0.3) is 5.56 Å². The van der Waals surface area contributed by atoms with E-state index in [4.69, 9.17) is 9.47 Å². The van der Waals surface area contributed by atoms with Crippen LogP contribution in [0.1, 0.15) is 30.6 Å². The zero-order valence-corrected chi connectivity index (χ0v) is 14.6. The fraction of sp³-hybridized carbons (Fsp3) is 0.190. The maximum Gasteiger partial charge on any atom is 0.309 e. The number of carbonyl (C=O) groups excluding carboxylic acids is 1. The molecule has 3 aromatic rings. The van der Waals surface area contributed by atoms with E-state index in [-0.39, 0.29) is 18.6 Å². The molecular formula is C21H16N2O4. The first-order valence-electron chi connectivity index (χ1n) is 8.64. The molecule has 0 saturated carbocycles. The number of pyridine rings is 1. The number of carbonyl (C=O) groups is 1. The minimum Gasteiger partial charge on any atom is -0.484 e. The predicted molar refractivity (Wildman–Crippen MR) is 99.3 cm³/mol. The Bertz CT molecular complexity index is 1160. The monoisotopic (exact) mass is 360 g/mol. The largest absolute Gasteiger partial charge is 0.484 e. The number of aromatic amines is 1. The van der Waals surface area contributed by atoms with Gasteiger partial charge in [0.15, 0.2) is 0 Å². The van der Waals surface area contributed by atoms with Crippen molar-refractivity contribution in [1.82, 2.24) is 4.98 Å². The third kappa shape index (κ3) is 2.83. The van der Waals surface area contributed by atoms with Gasteiger partial charge in [0, 0.05) is 16.5 Å². The molecule has 0 radical (unpaired) electrons. The number of hydrogen-bond acceptors (Lipinski definition) is 5. The maximum absolute atomic E-state index is 12.2. The van der Waals surface area contributed by atoms with Crippen LogP contribution in [-0.4, -0.2) is 17.6 Å². The fourth-order valence-corrected chi connectivity index (χ4v) is 3.40. The van der Waals surface area contributed by atoms with Crippen LogP contribution >= 0.6 is 0 Å². The van der Waals surface area contributed by atoms with Gasteiger partial charge in [-0.15, -0.1) is 0 Å². The third-order valence-corrected chi connectivity index (χ3v) is 4.61. The molecular weight excluding hydrogens is 344 g/mol. The summed E-state index contributed by atoms with van der Waals surface area (Å²) in [5.41, 5.74) is 1.41. The van der Waals surface area contributed by atoms with Crippen LogP contribution in [-0.2, 0) is 9.53 Å². The van der Waals surface area contributed by atoms with Crippen LogP contribution in [0, 0.1) is 11.3 Å². The van der Waals surface area contributed by atoms with Gasteiger partial charge in [-0.2, -0.15) is 5.26 Å². The van der Waals surface area contributed by atoms with Gasteiger partial charge in [0.05, 0.1) is 18.7 Å². The highest BCUT2D eigenvalue weighted by Gasteiger charge is 2.31. The molecule has 0 spiro atoms. The van der Waals surface area contributed by atoms with Crippen molar-refractivity contribution < 1.29 is 14.3 Å². The lowest BCUT2D eigenvalue weighted by Crippen LogP contribution is -2.23. The van der Waals surface area contributed by atoms with Crippen molar-refractivity contribution in [1.29, 1.82) is 5.26 Å². The summed E-state index contributed by atoms with van der Waals surface area (Å²) in [5, 5.41) is 11.1. The first kappa shape index (κ1) is 16.9.